The summed E-state index contributed by atoms with van der Waals surface area (Å²) in [6.07, 6.45) is 2.98. The first-order valence-electron chi connectivity index (χ1n) is 5.11. The molecule has 1 aromatic heterocycles. The summed E-state index contributed by atoms with van der Waals surface area (Å²) < 4.78 is 23.9. The minimum atomic E-state index is -3.04. The van der Waals surface area contributed by atoms with Crippen LogP contribution in [-0.2, 0) is 23.4 Å². The van der Waals surface area contributed by atoms with Crippen molar-refractivity contribution in [3.8, 4) is 0 Å². The Morgan fingerprint density at radius 3 is 2.56 bits per heavy atom. The van der Waals surface area contributed by atoms with E-state index in [0.29, 0.717) is 13.1 Å². The van der Waals surface area contributed by atoms with Crippen LogP contribution in [0.15, 0.2) is 12.3 Å². The highest BCUT2D eigenvalue weighted by atomic mass is 32.2. The molecular weight excluding hydrogens is 226 g/mol. The van der Waals surface area contributed by atoms with Crippen molar-refractivity contribution >= 4 is 9.84 Å². The third-order valence-corrected chi connectivity index (χ3v) is 4.93. The van der Waals surface area contributed by atoms with Crippen molar-refractivity contribution in [2.24, 2.45) is 7.05 Å². The molecule has 16 heavy (non-hydrogen) atoms. The van der Waals surface area contributed by atoms with Gasteiger partial charge in [0.25, 0.3) is 0 Å². The third-order valence-electron chi connectivity index (χ3n) is 2.78. The summed E-state index contributed by atoms with van der Waals surface area (Å²) in [7, 11) is -1.18. The Morgan fingerprint density at radius 1 is 1.50 bits per heavy atom. The van der Waals surface area contributed by atoms with Crippen LogP contribution in [0.3, 0.4) is 0 Å². The van der Waals surface area contributed by atoms with Crippen molar-refractivity contribution in [3.63, 3.8) is 0 Å². The van der Waals surface area contributed by atoms with E-state index < -0.39 is 14.6 Å². The highest BCUT2D eigenvalue weighted by molar-refractivity contribution is 7.92. The molecule has 5 nitrogen and oxygen atoms in total. The maximum atomic E-state index is 11.5. The van der Waals surface area contributed by atoms with E-state index >= 15 is 0 Å². The highest BCUT2D eigenvalue weighted by Crippen LogP contribution is 2.13. The number of nitrogens with one attached hydrogen (secondary N) is 1. The van der Waals surface area contributed by atoms with Gasteiger partial charge in [0.15, 0.2) is 9.84 Å². The molecule has 0 radical (unpaired) electrons. The number of rotatable bonds is 5. The van der Waals surface area contributed by atoms with Crippen LogP contribution in [0.4, 0.5) is 0 Å². The maximum absolute atomic E-state index is 11.5. The van der Waals surface area contributed by atoms with Gasteiger partial charge in [-0.1, -0.05) is 0 Å². The van der Waals surface area contributed by atoms with Crippen molar-refractivity contribution in [2.75, 3.05) is 12.8 Å². The van der Waals surface area contributed by atoms with Crippen LogP contribution in [-0.4, -0.2) is 35.7 Å². The van der Waals surface area contributed by atoms with E-state index in [9.17, 15) is 8.42 Å². The first-order valence-corrected chi connectivity index (χ1v) is 7.00. The van der Waals surface area contributed by atoms with Crippen LogP contribution >= 0.6 is 0 Å². The molecule has 0 aromatic carbocycles. The van der Waals surface area contributed by atoms with Crippen molar-refractivity contribution < 1.29 is 8.42 Å². The standard InChI is InChI=1S/C10H19N3O2S/c1-10(2,16(4,14)15)8-11-7-9-5-6-12-13(9)3/h5-6,11H,7-8H2,1-4H3. The van der Waals surface area contributed by atoms with Crippen molar-refractivity contribution in [1.29, 1.82) is 0 Å². The SMILES string of the molecule is Cn1nccc1CNCC(C)(C)S(C)(=O)=O. The summed E-state index contributed by atoms with van der Waals surface area (Å²) in [5.41, 5.74) is 1.03. The molecule has 1 aromatic rings. The fourth-order valence-electron chi connectivity index (χ4n) is 1.20. The van der Waals surface area contributed by atoms with Crippen LogP contribution < -0.4 is 5.32 Å². The Labute approximate surface area is 96.8 Å². The van der Waals surface area contributed by atoms with Crippen LogP contribution in [0.5, 0.6) is 0 Å². The lowest BCUT2D eigenvalue weighted by Crippen LogP contribution is -2.41. The van der Waals surface area contributed by atoms with Crippen molar-refractivity contribution in [1.82, 2.24) is 15.1 Å². The molecule has 1 rings (SSSR count). The summed E-state index contributed by atoms with van der Waals surface area (Å²) in [6, 6.07) is 1.90. The molecule has 0 saturated heterocycles. The molecule has 0 spiro atoms. The zero-order chi connectivity index (χ0) is 12.4. The Hall–Kier alpha value is -0.880. The second-order valence-corrected chi connectivity index (χ2v) is 7.23. The van der Waals surface area contributed by atoms with Gasteiger partial charge in [0, 0.05) is 32.6 Å². The van der Waals surface area contributed by atoms with Crippen LogP contribution in [0.25, 0.3) is 0 Å². The summed E-state index contributed by atoms with van der Waals surface area (Å²) in [5, 5.41) is 7.17. The van der Waals surface area contributed by atoms with Gasteiger partial charge in [0.05, 0.1) is 10.4 Å². The average Bonchev–Trinajstić information content (AvgIpc) is 2.49. The van der Waals surface area contributed by atoms with Gasteiger partial charge in [-0.15, -0.1) is 0 Å². The predicted octanol–water partition coefficient (Wildman–Crippen LogP) is 0.333. The van der Waals surface area contributed by atoms with Gasteiger partial charge >= 0.3 is 0 Å². The van der Waals surface area contributed by atoms with Gasteiger partial charge in [-0.25, -0.2) is 8.42 Å². The average molecular weight is 245 g/mol. The Balaban J connectivity index is 2.51. The van der Waals surface area contributed by atoms with Gasteiger partial charge < -0.3 is 5.32 Å². The third kappa shape index (κ3) is 3.05. The molecule has 0 amide bonds. The van der Waals surface area contributed by atoms with Gasteiger partial charge in [0.1, 0.15) is 0 Å². The molecule has 0 unspecified atom stereocenters. The molecule has 6 heteroatoms. The minimum absolute atomic E-state index is 0.428. The van der Waals surface area contributed by atoms with E-state index in [-0.39, 0.29) is 0 Å². The minimum Gasteiger partial charge on any atom is -0.310 e. The van der Waals surface area contributed by atoms with E-state index in [4.69, 9.17) is 0 Å². The molecule has 92 valence electrons. The fraction of sp³-hybridized carbons (Fsp3) is 0.700. The molecule has 0 aliphatic heterocycles. The molecule has 1 heterocycles. The number of aromatic nitrogens is 2. The van der Waals surface area contributed by atoms with Crippen molar-refractivity contribution in [2.45, 2.75) is 25.1 Å². The predicted molar refractivity (Wildman–Crippen MR) is 63.8 cm³/mol. The highest BCUT2D eigenvalue weighted by Gasteiger charge is 2.29. The smallest absolute Gasteiger partial charge is 0.153 e. The summed E-state index contributed by atoms with van der Waals surface area (Å²) in [6.45, 7) is 4.49. The number of hydrogen-bond donors (Lipinski definition) is 1. The van der Waals surface area contributed by atoms with E-state index in [1.54, 1.807) is 24.7 Å². The lowest BCUT2D eigenvalue weighted by atomic mass is 10.2. The number of hydrogen-bond acceptors (Lipinski definition) is 4. The first-order chi connectivity index (χ1) is 7.24. The van der Waals surface area contributed by atoms with Crippen LogP contribution in [0.1, 0.15) is 19.5 Å². The monoisotopic (exact) mass is 245 g/mol. The molecule has 0 bridgehead atoms. The lowest BCUT2D eigenvalue weighted by Gasteiger charge is -2.22. The molecule has 0 aliphatic rings. The second-order valence-electron chi connectivity index (χ2n) is 4.58. The van der Waals surface area contributed by atoms with E-state index in [1.165, 1.54) is 6.26 Å². The molecule has 0 fully saturated rings. The van der Waals surface area contributed by atoms with Crippen molar-refractivity contribution in [3.05, 3.63) is 18.0 Å². The van der Waals surface area contributed by atoms with Gasteiger partial charge in [-0.05, 0) is 19.9 Å². The lowest BCUT2D eigenvalue weighted by molar-refractivity contribution is 0.514. The first kappa shape index (κ1) is 13.2. The van der Waals surface area contributed by atoms with Crippen LogP contribution in [0, 0.1) is 0 Å². The second kappa shape index (κ2) is 4.55. The number of nitrogens with zero attached hydrogens (tertiary/aromatic N) is 2. The zero-order valence-corrected chi connectivity index (χ0v) is 11.0. The molecular formula is C10H19N3O2S. The van der Waals surface area contributed by atoms with Gasteiger partial charge in [-0.2, -0.15) is 5.10 Å². The van der Waals surface area contributed by atoms with E-state index in [1.807, 2.05) is 13.1 Å². The van der Waals surface area contributed by atoms with Crippen LogP contribution in [0.2, 0.25) is 0 Å². The summed E-state index contributed by atoms with van der Waals surface area (Å²) in [4.78, 5) is 0. The zero-order valence-electron chi connectivity index (χ0n) is 10.2. The maximum Gasteiger partial charge on any atom is 0.153 e. The van der Waals surface area contributed by atoms with E-state index in [2.05, 4.69) is 10.4 Å². The molecule has 1 N–H and O–H groups in total. The number of sulfone groups is 1. The summed E-state index contributed by atoms with van der Waals surface area (Å²) >= 11 is 0. The normalized spacial score (nSPS) is 13.0. The summed E-state index contributed by atoms with van der Waals surface area (Å²) in [5.74, 6) is 0. The largest absolute Gasteiger partial charge is 0.310 e. The Bertz CT molecular complexity index is 448. The Kier molecular flexibility index (Phi) is 3.75. The number of aryl methyl sites for hydroxylation is 1. The van der Waals surface area contributed by atoms with Gasteiger partial charge in [0.2, 0.25) is 0 Å². The van der Waals surface area contributed by atoms with Gasteiger partial charge in [-0.3, -0.25) is 4.68 Å². The fourth-order valence-corrected chi connectivity index (χ4v) is 1.56. The van der Waals surface area contributed by atoms with E-state index in [0.717, 1.165) is 5.69 Å². The molecule has 0 atom stereocenters. The molecule has 0 aliphatic carbocycles. The topological polar surface area (TPSA) is 64.0 Å². The Morgan fingerprint density at radius 2 is 2.12 bits per heavy atom. The molecule has 0 saturated carbocycles. The quantitative estimate of drug-likeness (QED) is 0.812.